The lowest BCUT2D eigenvalue weighted by molar-refractivity contribution is 0.0501. The number of fused-ring (bicyclic) bond motifs is 1. The third kappa shape index (κ3) is 3.81. The molecule has 2 fully saturated rings. The lowest BCUT2D eigenvalue weighted by Gasteiger charge is -2.38. The third-order valence-corrected chi connectivity index (χ3v) is 5.82. The van der Waals surface area contributed by atoms with E-state index in [0.29, 0.717) is 17.7 Å². The SMILES string of the molecule is Cc1nccn1[C@H]1C[C@H]2CN(C(=O)NC(C)C)C[C@H]2C[C@@H]1Oc1cnccn1. The highest BCUT2D eigenvalue weighted by atomic mass is 16.5. The van der Waals surface area contributed by atoms with Crippen molar-refractivity contribution in [2.24, 2.45) is 11.8 Å². The number of likely N-dealkylation sites (tertiary alicyclic amines) is 1. The molecule has 0 bridgehead atoms. The van der Waals surface area contributed by atoms with Gasteiger partial charge in [0.15, 0.2) is 0 Å². The van der Waals surface area contributed by atoms with Crippen molar-refractivity contribution < 1.29 is 9.53 Å². The molecule has 8 heteroatoms. The summed E-state index contributed by atoms with van der Waals surface area (Å²) in [6.45, 7) is 7.57. The van der Waals surface area contributed by atoms with Crippen molar-refractivity contribution in [2.45, 2.75) is 51.8 Å². The van der Waals surface area contributed by atoms with Crippen LogP contribution < -0.4 is 10.1 Å². The average Bonchev–Trinajstić information content (AvgIpc) is 3.27. The van der Waals surface area contributed by atoms with Gasteiger partial charge in [0.1, 0.15) is 11.9 Å². The Morgan fingerprint density at radius 2 is 1.96 bits per heavy atom. The second-order valence-electron chi connectivity index (χ2n) is 8.15. The lowest BCUT2D eigenvalue weighted by Crippen LogP contribution is -2.41. The standard InChI is InChI=1S/C20H28N6O2/c1-13(2)24-20(27)25-11-15-8-17(26-7-6-22-14(26)3)18(9-16(15)12-25)28-19-10-21-4-5-23-19/h4-7,10,13,15-18H,8-9,11-12H2,1-3H3,(H,24,27)/t15-,16+,17-,18-/m0/s1. The molecule has 2 aromatic heterocycles. The first-order valence-corrected chi connectivity index (χ1v) is 9.98. The Balaban J connectivity index is 1.54. The van der Waals surface area contributed by atoms with Crippen molar-refractivity contribution >= 4 is 6.03 Å². The first kappa shape index (κ1) is 18.7. The van der Waals surface area contributed by atoms with E-state index in [-0.39, 0.29) is 24.2 Å². The first-order chi connectivity index (χ1) is 13.5. The minimum atomic E-state index is -0.0287. The van der Waals surface area contributed by atoms with Crippen molar-refractivity contribution in [1.29, 1.82) is 0 Å². The molecule has 0 spiro atoms. The van der Waals surface area contributed by atoms with Gasteiger partial charge in [0, 0.05) is 43.9 Å². The summed E-state index contributed by atoms with van der Waals surface area (Å²) in [6.07, 6.45) is 10.6. The molecule has 28 heavy (non-hydrogen) atoms. The molecule has 1 aliphatic heterocycles. The maximum atomic E-state index is 12.5. The van der Waals surface area contributed by atoms with Crippen LogP contribution in [0.2, 0.25) is 0 Å². The summed E-state index contributed by atoms with van der Waals surface area (Å²) in [6, 6.07) is 0.342. The van der Waals surface area contributed by atoms with E-state index < -0.39 is 0 Å². The highest BCUT2D eigenvalue weighted by Crippen LogP contribution is 2.43. The summed E-state index contributed by atoms with van der Waals surface area (Å²) in [7, 11) is 0. The summed E-state index contributed by atoms with van der Waals surface area (Å²) in [4.78, 5) is 27.2. The molecule has 1 saturated carbocycles. The molecule has 0 unspecified atom stereocenters. The highest BCUT2D eigenvalue weighted by Gasteiger charge is 2.45. The fourth-order valence-corrected chi connectivity index (χ4v) is 4.55. The molecule has 2 aromatic rings. The summed E-state index contributed by atoms with van der Waals surface area (Å²) < 4.78 is 8.48. The van der Waals surface area contributed by atoms with E-state index in [1.165, 1.54) is 0 Å². The Morgan fingerprint density at radius 1 is 1.18 bits per heavy atom. The van der Waals surface area contributed by atoms with Crippen LogP contribution in [0.15, 0.2) is 31.0 Å². The van der Waals surface area contributed by atoms with Crippen LogP contribution in [0.4, 0.5) is 4.79 Å². The number of carbonyl (C=O) groups is 1. The first-order valence-electron chi connectivity index (χ1n) is 9.98. The average molecular weight is 384 g/mol. The second-order valence-corrected chi connectivity index (χ2v) is 8.15. The van der Waals surface area contributed by atoms with Gasteiger partial charge >= 0.3 is 6.03 Å². The molecule has 1 saturated heterocycles. The van der Waals surface area contributed by atoms with Gasteiger partial charge in [-0.2, -0.15) is 0 Å². The van der Waals surface area contributed by atoms with Crippen molar-refractivity contribution in [3.05, 3.63) is 36.8 Å². The number of imidazole rings is 1. The van der Waals surface area contributed by atoms with Crippen LogP contribution in [0.25, 0.3) is 0 Å². The number of carbonyl (C=O) groups excluding carboxylic acids is 1. The molecule has 1 aliphatic carbocycles. The van der Waals surface area contributed by atoms with Gasteiger partial charge in [0.05, 0.1) is 12.2 Å². The van der Waals surface area contributed by atoms with E-state index in [1.54, 1.807) is 18.6 Å². The quantitative estimate of drug-likeness (QED) is 0.875. The Hall–Kier alpha value is -2.64. The van der Waals surface area contributed by atoms with Crippen molar-refractivity contribution in [3.63, 3.8) is 0 Å². The van der Waals surface area contributed by atoms with Crippen LogP contribution in [0.3, 0.4) is 0 Å². The van der Waals surface area contributed by atoms with Gasteiger partial charge in [-0.15, -0.1) is 0 Å². The molecule has 3 heterocycles. The zero-order valence-corrected chi connectivity index (χ0v) is 16.7. The van der Waals surface area contributed by atoms with Crippen LogP contribution in [0, 0.1) is 18.8 Å². The van der Waals surface area contributed by atoms with Gasteiger partial charge in [0.25, 0.3) is 0 Å². The zero-order valence-electron chi connectivity index (χ0n) is 16.7. The van der Waals surface area contributed by atoms with E-state index in [9.17, 15) is 4.79 Å². The van der Waals surface area contributed by atoms with Gasteiger partial charge in [-0.25, -0.2) is 14.8 Å². The van der Waals surface area contributed by atoms with Crippen LogP contribution in [-0.2, 0) is 0 Å². The summed E-state index contributed by atoms with van der Waals surface area (Å²) in [5.74, 6) is 2.41. The maximum absolute atomic E-state index is 12.5. The molecule has 0 aromatic carbocycles. The number of nitrogens with one attached hydrogen (secondary N) is 1. The van der Waals surface area contributed by atoms with Crippen molar-refractivity contribution in [2.75, 3.05) is 13.1 Å². The summed E-state index contributed by atoms with van der Waals surface area (Å²) >= 11 is 0. The smallest absolute Gasteiger partial charge is 0.317 e. The number of aryl methyl sites for hydroxylation is 1. The van der Waals surface area contributed by atoms with E-state index in [0.717, 1.165) is 31.8 Å². The van der Waals surface area contributed by atoms with Crippen LogP contribution >= 0.6 is 0 Å². The van der Waals surface area contributed by atoms with Crippen LogP contribution in [0.1, 0.15) is 38.6 Å². The molecule has 1 N–H and O–H groups in total. The highest BCUT2D eigenvalue weighted by molar-refractivity contribution is 5.74. The molecular formula is C20H28N6O2. The number of nitrogens with zero attached hydrogens (tertiary/aromatic N) is 5. The molecule has 4 rings (SSSR count). The minimum absolute atomic E-state index is 0.0287. The Kier molecular flexibility index (Phi) is 5.19. The third-order valence-electron chi connectivity index (χ3n) is 5.82. The maximum Gasteiger partial charge on any atom is 0.317 e. The van der Waals surface area contributed by atoms with Gasteiger partial charge < -0.3 is 19.5 Å². The molecule has 4 atom stereocenters. The predicted molar refractivity (Wildman–Crippen MR) is 104 cm³/mol. The number of hydrogen-bond acceptors (Lipinski definition) is 5. The van der Waals surface area contributed by atoms with E-state index >= 15 is 0 Å². The molecule has 0 radical (unpaired) electrons. The summed E-state index contributed by atoms with van der Waals surface area (Å²) in [5.41, 5.74) is 0. The number of urea groups is 1. The van der Waals surface area contributed by atoms with Gasteiger partial charge in [-0.3, -0.25) is 4.98 Å². The Morgan fingerprint density at radius 3 is 2.61 bits per heavy atom. The lowest BCUT2D eigenvalue weighted by atomic mass is 9.77. The number of aromatic nitrogens is 4. The number of ether oxygens (including phenoxy) is 1. The van der Waals surface area contributed by atoms with E-state index in [4.69, 9.17) is 4.74 Å². The van der Waals surface area contributed by atoms with Gasteiger partial charge in [0.2, 0.25) is 5.88 Å². The topological polar surface area (TPSA) is 85.2 Å². The molecule has 2 aliphatic rings. The van der Waals surface area contributed by atoms with E-state index in [1.807, 2.05) is 38.1 Å². The molecule has 2 amide bonds. The van der Waals surface area contributed by atoms with Crippen LogP contribution in [0.5, 0.6) is 5.88 Å². The van der Waals surface area contributed by atoms with Crippen LogP contribution in [-0.4, -0.2) is 55.7 Å². The van der Waals surface area contributed by atoms with Crippen molar-refractivity contribution in [3.8, 4) is 5.88 Å². The van der Waals surface area contributed by atoms with Gasteiger partial charge in [-0.05, 0) is 45.4 Å². The monoisotopic (exact) mass is 384 g/mol. The zero-order chi connectivity index (χ0) is 19.7. The Bertz CT molecular complexity index is 808. The fraction of sp³-hybridized carbons (Fsp3) is 0.600. The molecule has 150 valence electrons. The fourth-order valence-electron chi connectivity index (χ4n) is 4.55. The molecule has 8 nitrogen and oxygen atoms in total. The Labute approximate surface area is 165 Å². The molecular weight excluding hydrogens is 356 g/mol. The predicted octanol–water partition coefficient (Wildman–Crippen LogP) is 2.43. The largest absolute Gasteiger partial charge is 0.471 e. The second kappa shape index (κ2) is 7.77. The van der Waals surface area contributed by atoms with E-state index in [2.05, 4.69) is 24.8 Å². The van der Waals surface area contributed by atoms with Gasteiger partial charge in [-0.1, -0.05) is 0 Å². The summed E-state index contributed by atoms with van der Waals surface area (Å²) in [5, 5.41) is 3.02. The minimum Gasteiger partial charge on any atom is -0.471 e. The number of amides is 2. The van der Waals surface area contributed by atoms with Crippen molar-refractivity contribution in [1.82, 2.24) is 29.7 Å². The number of hydrogen-bond donors (Lipinski definition) is 1. The number of rotatable bonds is 4. The normalized spacial score (nSPS) is 26.9.